The van der Waals surface area contributed by atoms with Gasteiger partial charge in [0, 0.05) is 32.6 Å². The van der Waals surface area contributed by atoms with Gasteiger partial charge in [0.25, 0.3) is 15.9 Å². The maximum atomic E-state index is 13.1. The Kier molecular flexibility index (Phi) is 7.54. The van der Waals surface area contributed by atoms with Gasteiger partial charge in [-0.2, -0.15) is 13.2 Å². The van der Waals surface area contributed by atoms with Crippen LogP contribution in [-0.2, 0) is 21.0 Å². The van der Waals surface area contributed by atoms with E-state index in [1.165, 1.54) is 23.1 Å². The lowest BCUT2D eigenvalue weighted by atomic mass is 10.1. The van der Waals surface area contributed by atoms with E-state index in [-0.39, 0.29) is 36.2 Å². The number of nitrogens with zero attached hydrogens (tertiary/aromatic N) is 2. The first-order valence-electron chi connectivity index (χ1n) is 10.7. The second-order valence-electron chi connectivity index (χ2n) is 8.45. The van der Waals surface area contributed by atoms with Crippen molar-refractivity contribution in [2.45, 2.75) is 31.3 Å². The fraction of sp³-hybridized carbons (Fsp3) is 0.391. The van der Waals surface area contributed by atoms with Crippen molar-refractivity contribution in [3.63, 3.8) is 0 Å². The third kappa shape index (κ3) is 6.07. The highest BCUT2D eigenvalue weighted by Crippen LogP contribution is 2.31. The van der Waals surface area contributed by atoms with Crippen LogP contribution < -0.4 is 4.72 Å². The highest BCUT2D eigenvalue weighted by Gasteiger charge is 2.32. The van der Waals surface area contributed by atoms with Crippen molar-refractivity contribution in [3.05, 3.63) is 59.7 Å². The minimum atomic E-state index is -4.70. The van der Waals surface area contributed by atoms with E-state index in [0.29, 0.717) is 25.6 Å². The Hall–Kier alpha value is -3.08. The lowest BCUT2D eigenvalue weighted by molar-refractivity contribution is -0.137. The molecule has 1 N–H and O–H groups in total. The first-order chi connectivity index (χ1) is 15.9. The normalized spacial score (nSPS) is 14.9. The zero-order valence-electron chi connectivity index (χ0n) is 18.8. The largest absolute Gasteiger partial charge is 0.416 e. The number of halogens is 3. The topological polar surface area (TPSA) is 86.8 Å². The highest BCUT2D eigenvalue weighted by molar-refractivity contribution is 7.92. The molecule has 2 amide bonds. The zero-order chi connectivity index (χ0) is 25.1. The van der Waals surface area contributed by atoms with E-state index < -0.39 is 32.6 Å². The first kappa shape index (κ1) is 25.5. The van der Waals surface area contributed by atoms with Crippen LogP contribution in [0.5, 0.6) is 0 Å². The summed E-state index contributed by atoms with van der Waals surface area (Å²) >= 11 is 0. The molecule has 184 valence electrons. The number of hydrogen-bond donors (Lipinski definition) is 1. The van der Waals surface area contributed by atoms with Crippen molar-refractivity contribution in [1.82, 2.24) is 9.80 Å². The SMILES string of the molecule is CC(C)CC(=O)N1CCN(C(=O)c2ccccc2NS(=O)(=O)c2cccc(C(F)(F)F)c2)CC1. The van der Waals surface area contributed by atoms with Gasteiger partial charge in [0.15, 0.2) is 0 Å². The van der Waals surface area contributed by atoms with Gasteiger partial charge in [0.05, 0.1) is 21.7 Å². The van der Waals surface area contributed by atoms with Crippen molar-refractivity contribution in [1.29, 1.82) is 0 Å². The predicted molar refractivity (Wildman–Crippen MR) is 121 cm³/mol. The molecule has 2 aromatic carbocycles. The molecule has 0 unspecified atom stereocenters. The molecule has 0 bridgehead atoms. The number of sulfonamides is 1. The average Bonchev–Trinajstić information content (AvgIpc) is 2.78. The van der Waals surface area contributed by atoms with Gasteiger partial charge >= 0.3 is 6.18 Å². The van der Waals surface area contributed by atoms with Crippen LogP contribution in [0.2, 0.25) is 0 Å². The molecule has 0 spiro atoms. The van der Waals surface area contributed by atoms with Crippen molar-refractivity contribution in [2.75, 3.05) is 30.9 Å². The maximum Gasteiger partial charge on any atom is 0.416 e. The second kappa shape index (κ2) is 10.0. The number of benzene rings is 2. The molecule has 1 saturated heterocycles. The van der Waals surface area contributed by atoms with Crippen LogP contribution in [0.1, 0.15) is 36.2 Å². The standard InChI is InChI=1S/C23H26F3N3O4S/c1-16(2)14-21(30)28-10-12-29(13-11-28)22(31)19-8-3-4-9-20(19)27-34(32,33)18-7-5-6-17(15-18)23(24,25)26/h3-9,15-16,27H,10-14H2,1-2H3. The van der Waals surface area contributed by atoms with E-state index in [0.717, 1.165) is 18.2 Å². The van der Waals surface area contributed by atoms with Gasteiger partial charge in [-0.05, 0) is 36.2 Å². The van der Waals surface area contributed by atoms with Crippen molar-refractivity contribution < 1.29 is 31.2 Å². The molecular formula is C23H26F3N3O4S. The lowest BCUT2D eigenvalue weighted by Crippen LogP contribution is -2.50. The van der Waals surface area contributed by atoms with Crippen LogP contribution in [0.15, 0.2) is 53.4 Å². The van der Waals surface area contributed by atoms with E-state index in [4.69, 9.17) is 0 Å². The monoisotopic (exact) mass is 497 g/mol. The quantitative estimate of drug-likeness (QED) is 0.657. The summed E-state index contributed by atoms with van der Waals surface area (Å²) in [6.45, 7) is 5.23. The number of carbonyl (C=O) groups is 2. The Balaban J connectivity index is 1.76. The molecule has 7 nitrogen and oxygen atoms in total. The summed E-state index contributed by atoms with van der Waals surface area (Å²) in [7, 11) is -4.39. The molecule has 11 heteroatoms. The summed E-state index contributed by atoms with van der Waals surface area (Å²) in [5.74, 6) is -0.182. The molecular weight excluding hydrogens is 471 g/mol. The molecule has 34 heavy (non-hydrogen) atoms. The van der Waals surface area contributed by atoms with Gasteiger partial charge < -0.3 is 9.80 Å². The van der Waals surface area contributed by atoms with E-state index in [9.17, 15) is 31.2 Å². The second-order valence-corrected chi connectivity index (χ2v) is 10.1. The van der Waals surface area contributed by atoms with Crippen LogP contribution in [-0.4, -0.2) is 56.2 Å². The van der Waals surface area contributed by atoms with E-state index in [2.05, 4.69) is 4.72 Å². The molecule has 1 aliphatic heterocycles. The average molecular weight is 498 g/mol. The number of rotatable bonds is 6. The van der Waals surface area contributed by atoms with Crippen LogP contribution in [0, 0.1) is 5.92 Å². The summed E-state index contributed by atoms with van der Waals surface area (Å²) in [5.41, 5.74) is -1.06. The van der Waals surface area contributed by atoms with Crippen LogP contribution >= 0.6 is 0 Å². The molecule has 3 rings (SSSR count). The molecule has 0 aliphatic carbocycles. The molecule has 1 aliphatic rings. The van der Waals surface area contributed by atoms with E-state index >= 15 is 0 Å². The summed E-state index contributed by atoms with van der Waals surface area (Å²) < 4.78 is 66.8. The van der Waals surface area contributed by atoms with Gasteiger partial charge in [-0.3, -0.25) is 14.3 Å². The first-order valence-corrected chi connectivity index (χ1v) is 12.2. The Bertz CT molecular complexity index is 1160. The summed E-state index contributed by atoms with van der Waals surface area (Å²) in [4.78, 5) is 28.0. The Morgan fingerprint density at radius 1 is 0.971 bits per heavy atom. The summed E-state index contributed by atoms with van der Waals surface area (Å²) in [5, 5.41) is 0. The molecule has 0 radical (unpaired) electrons. The molecule has 2 aromatic rings. The number of anilines is 1. The molecule has 0 atom stereocenters. The number of hydrogen-bond acceptors (Lipinski definition) is 4. The molecule has 0 saturated carbocycles. The minimum Gasteiger partial charge on any atom is -0.339 e. The minimum absolute atomic E-state index is 0.0244. The fourth-order valence-corrected chi connectivity index (χ4v) is 4.73. The van der Waals surface area contributed by atoms with Crippen molar-refractivity contribution in [2.24, 2.45) is 5.92 Å². The highest BCUT2D eigenvalue weighted by atomic mass is 32.2. The molecule has 0 aromatic heterocycles. The Morgan fingerprint density at radius 3 is 2.21 bits per heavy atom. The van der Waals surface area contributed by atoms with Crippen molar-refractivity contribution in [3.8, 4) is 0 Å². The molecule has 1 fully saturated rings. The fourth-order valence-electron chi connectivity index (χ4n) is 3.61. The number of alkyl halides is 3. The summed E-state index contributed by atoms with van der Waals surface area (Å²) in [6.07, 6.45) is -4.27. The van der Waals surface area contributed by atoms with Crippen molar-refractivity contribution >= 4 is 27.5 Å². The van der Waals surface area contributed by atoms with Gasteiger partial charge in [-0.25, -0.2) is 8.42 Å². The van der Waals surface area contributed by atoms with Crippen LogP contribution in [0.4, 0.5) is 18.9 Å². The number of nitrogens with one attached hydrogen (secondary N) is 1. The number of piperazine rings is 1. The zero-order valence-corrected chi connectivity index (χ0v) is 19.6. The van der Waals surface area contributed by atoms with Crippen LogP contribution in [0.25, 0.3) is 0 Å². The number of amides is 2. The Labute approximate surface area is 196 Å². The smallest absolute Gasteiger partial charge is 0.339 e. The van der Waals surface area contributed by atoms with Gasteiger partial charge in [-0.1, -0.05) is 32.0 Å². The predicted octanol–water partition coefficient (Wildman–Crippen LogP) is 3.84. The van der Waals surface area contributed by atoms with E-state index in [1.807, 2.05) is 13.8 Å². The van der Waals surface area contributed by atoms with Gasteiger partial charge in [-0.15, -0.1) is 0 Å². The summed E-state index contributed by atoms with van der Waals surface area (Å²) in [6, 6.07) is 9.29. The number of carbonyl (C=O) groups excluding carboxylic acids is 2. The van der Waals surface area contributed by atoms with Gasteiger partial charge in [0.1, 0.15) is 0 Å². The van der Waals surface area contributed by atoms with E-state index in [1.54, 1.807) is 11.0 Å². The lowest BCUT2D eigenvalue weighted by Gasteiger charge is -2.35. The van der Waals surface area contributed by atoms with Gasteiger partial charge in [0.2, 0.25) is 5.91 Å². The molecule has 1 heterocycles. The Morgan fingerprint density at radius 2 is 1.59 bits per heavy atom. The third-order valence-corrected chi connectivity index (χ3v) is 6.74. The van der Waals surface area contributed by atoms with Crippen LogP contribution in [0.3, 0.4) is 0 Å². The maximum absolute atomic E-state index is 13.1. The third-order valence-electron chi connectivity index (χ3n) is 5.38. The number of para-hydroxylation sites is 1.